The molecular weight excluding hydrogens is 293 g/mol. The van der Waals surface area contributed by atoms with E-state index in [-0.39, 0.29) is 17.7 Å². The lowest BCUT2D eigenvalue weighted by Crippen LogP contribution is -2.51. The molecule has 0 spiro atoms. The Morgan fingerprint density at radius 1 is 1.27 bits per heavy atom. The second-order valence-electron chi connectivity index (χ2n) is 6.21. The molecule has 0 bridgehead atoms. The van der Waals surface area contributed by atoms with Gasteiger partial charge in [-0.1, -0.05) is 12.1 Å². The fraction of sp³-hybridized carbons (Fsp3) is 0.562. The Hall–Kier alpha value is -1.56. The van der Waals surface area contributed by atoms with Gasteiger partial charge in [0.25, 0.3) is 0 Å². The van der Waals surface area contributed by atoms with Gasteiger partial charge in [0, 0.05) is 31.6 Å². The SMILES string of the molecule is C[C@@H]1CN(C(=O)[C@@H]2C[C@H]2c2ccc(C(F)(F)F)cc2)CCN1. The third-order valence-electron chi connectivity index (χ3n) is 4.45. The fourth-order valence-electron chi connectivity index (χ4n) is 3.12. The number of nitrogens with zero attached hydrogens (tertiary/aromatic N) is 1. The zero-order valence-electron chi connectivity index (χ0n) is 12.4. The highest BCUT2D eigenvalue weighted by atomic mass is 19.4. The van der Waals surface area contributed by atoms with Crippen molar-refractivity contribution < 1.29 is 18.0 Å². The number of hydrogen-bond donors (Lipinski definition) is 1. The lowest BCUT2D eigenvalue weighted by Gasteiger charge is -2.32. The molecule has 3 nitrogen and oxygen atoms in total. The molecule has 3 rings (SSSR count). The second-order valence-corrected chi connectivity index (χ2v) is 6.21. The summed E-state index contributed by atoms with van der Waals surface area (Å²) in [4.78, 5) is 14.3. The number of nitrogens with one attached hydrogen (secondary N) is 1. The van der Waals surface area contributed by atoms with Crippen molar-refractivity contribution in [3.05, 3.63) is 35.4 Å². The largest absolute Gasteiger partial charge is 0.416 e. The van der Waals surface area contributed by atoms with Crippen LogP contribution in [-0.2, 0) is 11.0 Å². The Kier molecular flexibility index (Phi) is 3.89. The first kappa shape index (κ1) is 15.3. The Balaban J connectivity index is 1.63. The molecule has 3 atom stereocenters. The lowest BCUT2D eigenvalue weighted by molar-refractivity contribution is -0.137. The number of carbonyl (C=O) groups excluding carboxylic acids is 1. The third kappa shape index (κ3) is 3.11. The van der Waals surface area contributed by atoms with Gasteiger partial charge < -0.3 is 10.2 Å². The van der Waals surface area contributed by atoms with Crippen LogP contribution in [0, 0.1) is 5.92 Å². The molecule has 2 aliphatic rings. The van der Waals surface area contributed by atoms with E-state index >= 15 is 0 Å². The van der Waals surface area contributed by atoms with Crippen LogP contribution < -0.4 is 5.32 Å². The summed E-state index contributed by atoms with van der Waals surface area (Å²) >= 11 is 0. The van der Waals surface area contributed by atoms with Crippen LogP contribution in [0.15, 0.2) is 24.3 Å². The van der Waals surface area contributed by atoms with Gasteiger partial charge >= 0.3 is 6.18 Å². The summed E-state index contributed by atoms with van der Waals surface area (Å²) in [5, 5.41) is 3.29. The molecule has 1 amide bonds. The van der Waals surface area contributed by atoms with Crippen LogP contribution in [0.4, 0.5) is 13.2 Å². The van der Waals surface area contributed by atoms with Crippen molar-refractivity contribution in [3.63, 3.8) is 0 Å². The number of amides is 1. The molecule has 1 heterocycles. The summed E-state index contributed by atoms with van der Waals surface area (Å²) in [5.41, 5.74) is 0.185. The van der Waals surface area contributed by atoms with E-state index in [4.69, 9.17) is 0 Å². The first-order valence-electron chi connectivity index (χ1n) is 7.55. The molecule has 1 aliphatic carbocycles. The zero-order chi connectivity index (χ0) is 15.9. The molecule has 120 valence electrons. The highest BCUT2D eigenvalue weighted by molar-refractivity contribution is 5.83. The molecule has 22 heavy (non-hydrogen) atoms. The van der Waals surface area contributed by atoms with Gasteiger partial charge in [-0.2, -0.15) is 13.2 Å². The highest BCUT2D eigenvalue weighted by Gasteiger charge is 2.46. The molecule has 1 aromatic carbocycles. The van der Waals surface area contributed by atoms with E-state index in [9.17, 15) is 18.0 Å². The summed E-state index contributed by atoms with van der Waals surface area (Å²) in [6, 6.07) is 5.49. The number of piperazine rings is 1. The van der Waals surface area contributed by atoms with E-state index in [1.807, 2.05) is 11.8 Å². The smallest absolute Gasteiger partial charge is 0.340 e. The van der Waals surface area contributed by atoms with Crippen molar-refractivity contribution in [1.29, 1.82) is 0 Å². The van der Waals surface area contributed by atoms with Crippen LogP contribution in [0.5, 0.6) is 0 Å². The number of carbonyl (C=O) groups is 1. The molecule has 0 unspecified atom stereocenters. The van der Waals surface area contributed by atoms with Gasteiger partial charge in [-0.3, -0.25) is 4.79 Å². The van der Waals surface area contributed by atoms with E-state index in [1.54, 1.807) is 0 Å². The van der Waals surface area contributed by atoms with E-state index in [1.165, 1.54) is 12.1 Å². The lowest BCUT2D eigenvalue weighted by atomic mass is 10.1. The highest BCUT2D eigenvalue weighted by Crippen LogP contribution is 2.48. The minimum atomic E-state index is -4.31. The van der Waals surface area contributed by atoms with Crippen LogP contribution in [0.1, 0.15) is 30.4 Å². The van der Waals surface area contributed by atoms with Crippen LogP contribution in [0.2, 0.25) is 0 Å². The maximum absolute atomic E-state index is 12.6. The zero-order valence-corrected chi connectivity index (χ0v) is 12.4. The molecular formula is C16H19F3N2O. The minimum absolute atomic E-state index is 0.0676. The number of rotatable bonds is 2. The normalized spacial score (nSPS) is 28.5. The minimum Gasteiger partial charge on any atom is -0.340 e. The summed E-state index contributed by atoms with van der Waals surface area (Å²) < 4.78 is 37.7. The Morgan fingerprint density at radius 2 is 1.95 bits per heavy atom. The van der Waals surface area contributed by atoms with Gasteiger partial charge in [0.1, 0.15) is 0 Å². The van der Waals surface area contributed by atoms with Gasteiger partial charge in [0.05, 0.1) is 5.56 Å². The van der Waals surface area contributed by atoms with Crippen molar-refractivity contribution in [2.45, 2.75) is 31.5 Å². The number of benzene rings is 1. The van der Waals surface area contributed by atoms with Gasteiger partial charge in [0.2, 0.25) is 5.91 Å². The Morgan fingerprint density at radius 3 is 2.55 bits per heavy atom. The molecule has 1 aliphatic heterocycles. The number of alkyl halides is 3. The van der Waals surface area contributed by atoms with E-state index in [2.05, 4.69) is 5.32 Å². The van der Waals surface area contributed by atoms with Crippen LogP contribution >= 0.6 is 0 Å². The fourth-order valence-corrected chi connectivity index (χ4v) is 3.12. The first-order chi connectivity index (χ1) is 10.4. The van der Waals surface area contributed by atoms with Gasteiger partial charge in [0.15, 0.2) is 0 Å². The molecule has 1 saturated heterocycles. The van der Waals surface area contributed by atoms with Crippen molar-refractivity contribution in [3.8, 4) is 0 Å². The van der Waals surface area contributed by atoms with Crippen molar-refractivity contribution >= 4 is 5.91 Å². The molecule has 6 heteroatoms. The Labute approximate surface area is 127 Å². The third-order valence-corrected chi connectivity index (χ3v) is 4.45. The maximum Gasteiger partial charge on any atom is 0.416 e. The molecule has 1 saturated carbocycles. The maximum atomic E-state index is 12.6. The Bertz CT molecular complexity index is 556. The van der Waals surface area contributed by atoms with Gasteiger partial charge in [-0.15, -0.1) is 0 Å². The van der Waals surface area contributed by atoms with Crippen LogP contribution in [0.3, 0.4) is 0 Å². The van der Waals surface area contributed by atoms with Crippen molar-refractivity contribution in [2.24, 2.45) is 5.92 Å². The van der Waals surface area contributed by atoms with E-state index in [0.29, 0.717) is 19.1 Å². The quantitative estimate of drug-likeness (QED) is 0.910. The second kappa shape index (κ2) is 5.57. The van der Waals surface area contributed by atoms with Crippen LogP contribution in [0.25, 0.3) is 0 Å². The standard InChI is InChI=1S/C16H19F3N2O/c1-10-9-21(7-6-20-10)15(22)14-8-13(14)11-2-4-12(5-3-11)16(17,18)19/h2-5,10,13-14,20H,6-9H2,1H3/t10-,13+,14-/m1/s1. The molecule has 0 aromatic heterocycles. The average molecular weight is 312 g/mol. The molecule has 0 radical (unpaired) electrons. The summed E-state index contributed by atoms with van der Waals surface area (Å²) in [5.74, 6) is 0.139. The number of halogens is 3. The van der Waals surface area contributed by atoms with Gasteiger partial charge in [-0.25, -0.2) is 0 Å². The van der Waals surface area contributed by atoms with Crippen molar-refractivity contribution in [1.82, 2.24) is 10.2 Å². The van der Waals surface area contributed by atoms with Crippen molar-refractivity contribution in [2.75, 3.05) is 19.6 Å². The van der Waals surface area contributed by atoms with Gasteiger partial charge in [-0.05, 0) is 37.0 Å². The topological polar surface area (TPSA) is 32.3 Å². The van der Waals surface area contributed by atoms with Crippen LogP contribution in [-0.4, -0.2) is 36.5 Å². The molecule has 1 N–H and O–H groups in total. The number of hydrogen-bond acceptors (Lipinski definition) is 2. The predicted molar refractivity (Wildman–Crippen MR) is 76.3 cm³/mol. The molecule has 2 fully saturated rings. The monoisotopic (exact) mass is 312 g/mol. The van der Waals surface area contributed by atoms with E-state index in [0.717, 1.165) is 30.7 Å². The predicted octanol–water partition coefficient (Wildman–Crippen LogP) is 2.63. The summed E-state index contributed by atoms with van der Waals surface area (Å²) in [6.07, 6.45) is -3.57. The summed E-state index contributed by atoms with van der Waals surface area (Å²) in [6.45, 7) is 4.25. The van der Waals surface area contributed by atoms with E-state index < -0.39 is 11.7 Å². The first-order valence-corrected chi connectivity index (χ1v) is 7.55. The summed E-state index contributed by atoms with van der Waals surface area (Å²) in [7, 11) is 0. The molecule has 1 aromatic rings. The average Bonchev–Trinajstić information content (AvgIpc) is 3.26.